The highest BCUT2D eigenvalue weighted by Gasteiger charge is 2.21. The van der Waals surface area contributed by atoms with E-state index in [1.165, 1.54) is 19.2 Å². The summed E-state index contributed by atoms with van der Waals surface area (Å²) in [5.41, 5.74) is 1.36. The van der Waals surface area contributed by atoms with E-state index in [0.717, 1.165) is 0 Å². The summed E-state index contributed by atoms with van der Waals surface area (Å²) < 4.78 is 21.6. The molecule has 1 aliphatic heterocycles. The highest BCUT2D eigenvalue weighted by atomic mass is 16.6. The smallest absolute Gasteiger partial charge is 0.320 e. The van der Waals surface area contributed by atoms with Crippen molar-refractivity contribution >= 4 is 17.6 Å². The molecule has 1 aromatic carbocycles. The number of nitro groups is 1. The van der Waals surface area contributed by atoms with Crippen molar-refractivity contribution in [3.05, 3.63) is 33.4 Å². The van der Waals surface area contributed by atoms with Gasteiger partial charge in [-0.05, 0) is 26.7 Å². The van der Waals surface area contributed by atoms with Gasteiger partial charge in [0.2, 0.25) is 0 Å². The van der Waals surface area contributed by atoms with E-state index in [2.05, 4.69) is 0 Å². The number of hydrogen-bond acceptors (Lipinski definition) is 10. The topological polar surface area (TPSA) is 121 Å². The summed E-state index contributed by atoms with van der Waals surface area (Å²) in [7, 11) is 1.54. The van der Waals surface area contributed by atoms with E-state index in [1.807, 2.05) is 9.80 Å². The van der Waals surface area contributed by atoms with Crippen LogP contribution in [0.15, 0.2) is 12.1 Å². The molecule has 1 heterocycles. The fourth-order valence-electron chi connectivity index (χ4n) is 3.84. The molecule has 34 heavy (non-hydrogen) atoms. The van der Waals surface area contributed by atoms with E-state index in [4.69, 9.17) is 18.9 Å². The van der Waals surface area contributed by atoms with Crippen molar-refractivity contribution in [3.8, 4) is 5.75 Å². The molecule has 2 rings (SSSR count). The number of carbonyl (C=O) groups is 2. The van der Waals surface area contributed by atoms with Gasteiger partial charge in [0.15, 0.2) is 0 Å². The van der Waals surface area contributed by atoms with Gasteiger partial charge in [0, 0.05) is 49.4 Å². The fourth-order valence-corrected chi connectivity index (χ4v) is 3.84. The molecular weight excluding hydrogens is 446 g/mol. The van der Waals surface area contributed by atoms with Gasteiger partial charge in [0.1, 0.15) is 5.75 Å². The Kier molecular flexibility index (Phi) is 11.7. The third kappa shape index (κ3) is 8.88. The van der Waals surface area contributed by atoms with Gasteiger partial charge in [0.05, 0.1) is 51.6 Å². The van der Waals surface area contributed by atoms with Crippen molar-refractivity contribution in [2.45, 2.75) is 26.7 Å². The molecule has 0 spiro atoms. The van der Waals surface area contributed by atoms with Gasteiger partial charge in [-0.15, -0.1) is 0 Å². The van der Waals surface area contributed by atoms with Gasteiger partial charge in [-0.1, -0.05) is 0 Å². The van der Waals surface area contributed by atoms with Gasteiger partial charge >= 0.3 is 11.9 Å². The molecule has 0 saturated carbocycles. The number of non-ortho nitro benzene ring substituents is 1. The maximum absolute atomic E-state index is 12.1. The zero-order chi connectivity index (χ0) is 24.9. The van der Waals surface area contributed by atoms with Crippen molar-refractivity contribution in [2.24, 2.45) is 0 Å². The Morgan fingerprint density at radius 3 is 1.79 bits per heavy atom. The highest BCUT2D eigenvalue weighted by Crippen LogP contribution is 2.30. The number of carbonyl (C=O) groups excluding carboxylic acids is 2. The van der Waals surface area contributed by atoms with Crippen molar-refractivity contribution < 1.29 is 33.5 Å². The lowest BCUT2D eigenvalue weighted by atomic mass is 10.0. The minimum absolute atomic E-state index is 0.0184. The lowest BCUT2D eigenvalue weighted by molar-refractivity contribution is -0.385. The first-order chi connectivity index (χ1) is 16.4. The summed E-state index contributed by atoms with van der Waals surface area (Å²) in [5, 5.41) is 11.6. The Balaban J connectivity index is 2.32. The zero-order valence-electron chi connectivity index (χ0n) is 20.2. The SMILES string of the molecule is CCOC(=O)CN1CCOCCN(CC(=O)OCC)CCc2cc([N+](=O)[O-])cc(c2OC)CC1. The van der Waals surface area contributed by atoms with Crippen LogP contribution in [0.1, 0.15) is 25.0 Å². The first-order valence-corrected chi connectivity index (χ1v) is 11.6. The minimum atomic E-state index is -0.420. The molecule has 11 nitrogen and oxygen atoms in total. The third-order valence-corrected chi connectivity index (χ3v) is 5.46. The minimum Gasteiger partial charge on any atom is -0.496 e. The standard InChI is InChI=1S/C23H35N3O8/c1-4-33-21(27)16-24-8-6-18-14-20(26(29)30)15-19(23(18)31-3)7-9-25(11-13-32-12-10-24)17-22(28)34-5-2/h14-15H,4-13,16-17H2,1-3H3. The summed E-state index contributed by atoms with van der Waals surface area (Å²) in [6.45, 7) is 7.00. The molecule has 0 N–H and O–H groups in total. The average molecular weight is 482 g/mol. The Labute approximate surface area is 200 Å². The molecular formula is C23H35N3O8. The summed E-state index contributed by atoms with van der Waals surface area (Å²) >= 11 is 0. The summed E-state index contributed by atoms with van der Waals surface area (Å²) in [5.74, 6) is -0.0853. The Bertz CT molecular complexity index is 777. The number of rotatable bonds is 8. The number of esters is 2. The van der Waals surface area contributed by atoms with Crippen molar-refractivity contribution in [3.63, 3.8) is 0 Å². The maximum atomic E-state index is 12.1. The van der Waals surface area contributed by atoms with Gasteiger partial charge < -0.3 is 18.9 Å². The molecule has 190 valence electrons. The van der Waals surface area contributed by atoms with Gasteiger partial charge in [-0.25, -0.2) is 0 Å². The first-order valence-electron chi connectivity index (χ1n) is 11.6. The second-order valence-electron chi connectivity index (χ2n) is 7.83. The normalized spacial score (nSPS) is 16.3. The van der Waals surface area contributed by atoms with E-state index < -0.39 is 4.92 Å². The first kappa shape index (κ1) is 27.5. The summed E-state index contributed by atoms with van der Waals surface area (Å²) in [6.07, 6.45) is 0.896. The quantitative estimate of drug-likeness (QED) is 0.306. The van der Waals surface area contributed by atoms with Crippen LogP contribution in [0, 0.1) is 10.1 Å². The monoisotopic (exact) mass is 481 g/mol. The van der Waals surface area contributed by atoms with Crippen molar-refractivity contribution in [1.82, 2.24) is 9.80 Å². The molecule has 2 bridgehead atoms. The highest BCUT2D eigenvalue weighted by molar-refractivity contribution is 5.72. The van der Waals surface area contributed by atoms with Crippen LogP contribution in [-0.2, 0) is 36.6 Å². The molecule has 0 atom stereocenters. The maximum Gasteiger partial charge on any atom is 0.320 e. The Hall–Kier alpha value is -2.76. The number of benzene rings is 1. The van der Waals surface area contributed by atoms with Gasteiger partial charge in [0.25, 0.3) is 5.69 Å². The molecule has 0 unspecified atom stereocenters. The van der Waals surface area contributed by atoms with Crippen LogP contribution in [-0.4, -0.2) is 99.5 Å². The van der Waals surface area contributed by atoms with E-state index in [0.29, 0.717) is 82.3 Å². The Morgan fingerprint density at radius 1 is 0.941 bits per heavy atom. The Morgan fingerprint density at radius 2 is 1.41 bits per heavy atom. The largest absolute Gasteiger partial charge is 0.496 e. The van der Waals surface area contributed by atoms with Crippen molar-refractivity contribution in [1.29, 1.82) is 0 Å². The lowest BCUT2D eigenvalue weighted by Crippen LogP contribution is -2.37. The molecule has 0 saturated heterocycles. The second kappa shape index (κ2) is 14.5. The van der Waals surface area contributed by atoms with Crippen LogP contribution >= 0.6 is 0 Å². The number of fused-ring (bicyclic) bond motifs is 2. The van der Waals surface area contributed by atoms with Crippen LogP contribution in [0.5, 0.6) is 5.75 Å². The number of ether oxygens (including phenoxy) is 4. The fraction of sp³-hybridized carbons (Fsp3) is 0.652. The molecule has 1 aliphatic rings. The molecule has 0 aliphatic carbocycles. The van der Waals surface area contributed by atoms with Crippen molar-refractivity contribution in [2.75, 3.05) is 72.8 Å². The summed E-state index contributed by atoms with van der Waals surface area (Å²) in [6, 6.07) is 3.03. The van der Waals surface area contributed by atoms with E-state index in [1.54, 1.807) is 13.8 Å². The van der Waals surface area contributed by atoms with Gasteiger partial charge in [-0.3, -0.25) is 29.5 Å². The van der Waals surface area contributed by atoms with Crippen LogP contribution < -0.4 is 4.74 Å². The molecule has 0 radical (unpaired) electrons. The van der Waals surface area contributed by atoms with Crippen LogP contribution in [0.3, 0.4) is 0 Å². The molecule has 0 aromatic heterocycles. The zero-order valence-corrected chi connectivity index (χ0v) is 20.2. The molecule has 0 amide bonds. The van der Waals surface area contributed by atoms with Crippen LogP contribution in [0.25, 0.3) is 0 Å². The molecule has 11 heteroatoms. The predicted molar refractivity (Wildman–Crippen MR) is 124 cm³/mol. The van der Waals surface area contributed by atoms with Crippen LogP contribution in [0.4, 0.5) is 5.69 Å². The number of nitro benzene ring substituents is 1. The van der Waals surface area contributed by atoms with Crippen LogP contribution in [0.2, 0.25) is 0 Å². The number of nitrogens with zero attached hydrogens (tertiary/aromatic N) is 3. The van der Waals surface area contributed by atoms with Gasteiger partial charge in [-0.2, -0.15) is 0 Å². The number of hydrogen-bond donors (Lipinski definition) is 0. The second-order valence-corrected chi connectivity index (χ2v) is 7.83. The molecule has 1 aromatic rings. The number of methoxy groups -OCH3 is 1. The van der Waals surface area contributed by atoms with E-state index >= 15 is 0 Å². The van der Waals surface area contributed by atoms with E-state index in [9.17, 15) is 19.7 Å². The third-order valence-electron chi connectivity index (χ3n) is 5.46. The predicted octanol–water partition coefficient (Wildman–Crippen LogP) is 1.45. The molecule has 0 fully saturated rings. The summed E-state index contributed by atoms with van der Waals surface area (Å²) in [4.78, 5) is 39.1. The van der Waals surface area contributed by atoms with E-state index in [-0.39, 0.29) is 30.7 Å². The lowest BCUT2D eigenvalue weighted by Gasteiger charge is -2.25. The average Bonchev–Trinajstić information content (AvgIpc) is 2.79.